The fraction of sp³-hybridized carbons (Fsp3) is 0.304. The molecule has 5 heteroatoms. The van der Waals surface area contributed by atoms with E-state index < -0.39 is 0 Å². The molecule has 0 radical (unpaired) electrons. The Hall–Kier alpha value is -3.08. The van der Waals surface area contributed by atoms with Crippen LogP contribution in [-0.2, 0) is 17.6 Å². The zero-order valence-electron chi connectivity index (χ0n) is 15.8. The molecule has 3 aromatic rings. The normalized spacial score (nSPS) is 16.4. The molecule has 2 aliphatic rings. The van der Waals surface area contributed by atoms with Gasteiger partial charge in [0.15, 0.2) is 0 Å². The molecule has 28 heavy (non-hydrogen) atoms. The Morgan fingerprint density at radius 1 is 0.964 bits per heavy atom. The molecule has 2 N–H and O–H groups in total. The number of hydrogen-bond acceptors (Lipinski definition) is 2. The summed E-state index contributed by atoms with van der Waals surface area (Å²) in [7, 11) is 0. The quantitative estimate of drug-likeness (QED) is 0.713. The molecule has 1 aliphatic carbocycles. The Labute approximate surface area is 163 Å². The van der Waals surface area contributed by atoms with Gasteiger partial charge < -0.3 is 15.2 Å². The van der Waals surface area contributed by atoms with E-state index in [9.17, 15) is 9.59 Å². The van der Waals surface area contributed by atoms with E-state index in [2.05, 4.69) is 10.3 Å². The van der Waals surface area contributed by atoms with Crippen molar-refractivity contribution >= 4 is 34.1 Å². The monoisotopic (exact) mass is 373 g/mol. The van der Waals surface area contributed by atoms with E-state index in [-0.39, 0.29) is 11.8 Å². The molecule has 0 spiro atoms. The Morgan fingerprint density at radius 3 is 2.57 bits per heavy atom. The number of anilines is 2. The fourth-order valence-electron chi connectivity index (χ4n) is 4.40. The first-order chi connectivity index (χ1) is 13.7. The number of fused-ring (bicyclic) bond motifs is 3. The van der Waals surface area contributed by atoms with Gasteiger partial charge in [0.05, 0.1) is 0 Å². The van der Waals surface area contributed by atoms with Gasteiger partial charge in [0.1, 0.15) is 0 Å². The SMILES string of the molecule is O=C(Nc1ccc(N2CCCC2=O)cc1)c1ccc2[nH]c3c(c2c1)CCCC3. The van der Waals surface area contributed by atoms with Crippen LogP contribution in [0.5, 0.6) is 0 Å². The van der Waals surface area contributed by atoms with Crippen molar-refractivity contribution in [3.8, 4) is 0 Å². The Balaban J connectivity index is 1.35. The second kappa shape index (κ2) is 6.82. The molecule has 2 heterocycles. The molecule has 0 bridgehead atoms. The third-order valence-corrected chi connectivity index (χ3v) is 5.87. The van der Waals surface area contributed by atoms with E-state index in [0.717, 1.165) is 42.7 Å². The van der Waals surface area contributed by atoms with Crippen LogP contribution in [0.25, 0.3) is 10.9 Å². The third-order valence-electron chi connectivity index (χ3n) is 5.87. The molecule has 1 saturated heterocycles. The highest BCUT2D eigenvalue weighted by Gasteiger charge is 2.21. The van der Waals surface area contributed by atoms with Crippen LogP contribution in [0.15, 0.2) is 42.5 Å². The minimum absolute atomic E-state index is 0.113. The number of carbonyl (C=O) groups excluding carboxylic acids is 2. The van der Waals surface area contributed by atoms with Crippen LogP contribution in [-0.4, -0.2) is 23.3 Å². The smallest absolute Gasteiger partial charge is 0.255 e. The van der Waals surface area contributed by atoms with Crippen molar-refractivity contribution in [1.82, 2.24) is 4.98 Å². The van der Waals surface area contributed by atoms with Gasteiger partial charge >= 0.3 is 0 Å². The van der Waals surface area contributed by atoms with Gasteiger partial charge in [-0.2, -0.15) is 0 Å². The average molecular weight is 373 g/mol. The second-order valence-electron chi connectivity index (χ2n) is 7.70. The van der Waals surface area contributed by atoms with Gasteiger partial charge in [0.25, 0.3) is 5.91 Å². The Kier molecular flexibility index (Phi) is 4.15. The number of aryl methyl sites for hydroxylation is 2. The lowest BCUT2D eigenvalue weighted by Gasteiger charge is -2.16. The first kappa shape index (κ1) is 17.0. The summed E-state index contributed by atoms with van der Waals surface area (Å²) in [6.45, 7) is 0.769. The molecule has 1 fully saturated rings. The number of nitrogens with one attached hydrogen (secondary N) is 2. The minimum atomic E-state index is -0.113. The van der Waals surface area contributed by atoms with Gasteiger partial charge in [-0.15, -0.1) is 0 Å². The molecule has 5 rings (SSSR count). The maximum Gasteiger partial charge on any atom is 0.255 e. The molecule has 5 nitrogen and oxygen atoms in total. The van der Waals surface area contributed by atoms with Crippen LogP contribution in [0.2, 0.25) is 0 Å². The molecular weight excluding hydrogens is 350 g/mol. The standard InChI is InChI=1S/C23H23N3O2/c27-22-6-3-13-26(22)17-10-8-16(9-11-17)24-23(28)15-7-12-21-19(14-15)18-4-1-2-5-20(18)25-21/h7-12,14,25H,1-6,13H2,(H,24,28). The molecule has 1 aliphatic heterocycles. The first-order valence-electron chi connectivity index (χ1n) is 10.0. The average Bonchev–Trinajstić information content (AvgIpc) is 3.31. The van der Waals surface area contributed by atoms with Crippen molar-refractivity contribution in [2.75, 3.05) is 16.8 Å². The van der Waals surface area contributed by atoms with Crippen LogP contribution < -0.4 is 10.2 Å². The number of H-pyrrole nitrogens is 1. The minimum Gasteiger partial charge on any atom is -0.358 e. The number of nitrogens with zero attached hydrogens (tertiary/aromatic N) is 1. The summed E-state index contributed by atoms with van der Waals surface area (Å²) < 4.78 is 0. The molecular formula is C23H23N3O2. The molecule has 0 unspecified atom stereocenters. The number of aromatic amines is 1. The lowest BCUT2D eigenvalue weighted by molar-refractivity contribution is -0.117. The van der Waals surface area contributed by atoms with Gasteiger partial charge in [-0.05, 0) is 80.1 Å². The predicted octanol–water partition coefficient (Wildman–Crippen LogP) is 4.43. The van der Waals surface area contributed by atoms with Gasteiger partial charge in [-0.1, -0.05) is 0 Å². The summed E-state index contributed by atoms with van der Waals surface area (Å²) >= 11 is 0. The van der Waals surface area contributed by atoms with Crippen molar-refractivity contribution in [1.29, 1.82) is 0 Å². The van der Waals surface area contributed by atoms with Crippen molar-refractivity contribution in [2.24, 2.45) is 0 Å². The lowest BCUT2D eigenvalue weighted by atomic mass is 9.95. The largest absolute Gasteiger partial charge is 0.358 e. The summed E-state index contributed by atoms with van der Waals surface area (Å²) in [4.78, 5) is 29.9. The number of aromatic nitrogens is 1. The van der Waals surface area contributed by atoms with Crippen LogP contribution in [0.1, 0.15) is 47.3 Å². The summed E-state index contributed by atoms with van der Waals surface area (Å²) in [6, 6.07) is 13.4. The topological polar surface area (TPSA) is 65.2 Å². The molecule has 2 amide bonds. The van der Waals surface area contributed by atoms with E-state index in [4.69, 9.17) is 0 Å². The van der Waals surface area contributed by atoms with Gasteiger partial charge in [0.2, 0.25) is 5.91 Å². The molecule has 0 atom stereocenters. The lowest BCUT2D eigenvalue weighted by Crippen LogP contribution is -2.23. The highest BCUT2D eigenvalue weighted by Crippen LogP contribution is 2.30. The van der Waals surface area contributed by atoms with Crippen molar-refractivity contribution < 1.29 is 9.59 Å². The molecule has 0 saturated carbocycles. The maximum atomic E-state index is 12.8. The maximum absolute atomic E-state index is 12.8. The number of hydrogen-bond donors (Lipinski definition) is 2. The summed E-state index contributed by atoms with van der Waals surface area (Å²) in [5, 5.41) is 4.14. The van der Waals surface area contributed by atoms with Crippen molar-refractivity contribution in [3.05, 3.63) is 59.3 Å². The van der Waals surface area contributed by atoms with E-state index in [1.54, 1.807) is 4.90 Å². The molecule has 2 aromatic carbocycles. The van der Waals surface area contributed by atoms with E-state index in [0.29, 0.717) is 12.0 Å². The number of carbonyl (C=O) groups is 2. The second-order valence-corrected chi connectivity index (χ2v) is 7.70. The third kappa shape index (κ3) is 2.97. The van der Waals surface area contributed by atoms with Gasteiger partial charge in [-0.3, -0.25) is 9.59 Å². The first-order valence-corrected chi connectivity index (χ1v) is 10.0. The van der Waals surface area contributed by atoms with Crippen LogP contribution >= 0.6 is 0 Å². The molecule has 1 aromatic heterocycles. The van der Waals surface area contributed by atoms with Crippen LogP contribution in [0, 0.1) is 0 Å². The fourth-order valence-corrected chi connectivity index (χ4v) is 4.40. The number of rotatable bonds is 3. The Bertz CT molecular complexity index is 1070. The highest BCUT2D eigenvalue weighted by molar-refractivity contribution is 6.07. The van der Waals surface area contributed by atoms with Crippen LogP contribution in [0.3, 0.4) is 0 Å². The van der Waals surface area contributed by atoms with Crippen molar-refractivity contribution in [2.45, 2.75) is 38.5 Å². The summed E-state index contributed by atoms with van der Waals surface area (Å²) in [5.74, 6) is 0.0533. The zero-order chi connectivity index (χ0) is 19.1. The predicted molar refractivity (Wildman–Crippen MR) is 111 cm³/mol. The van der Waals surface area contributed by atoms with Crippen molar-refractivity contribution in [3.63, 3.8) is 0 Å². The zero-order valence-corrected chi connectivity index (χ0v) is 15.8. The van der Waals surface area contributed by atoms with E-state index in [1.807, 2.05) is 42.5 Å². The Morgan fingerprint density at radius 2 is 1.79 bits per heavy atom. The van der Waals surface area contributed by atoms with Gasteiger partial charge in [-0.25, -0.2) is 0 Å². The summed E-state index contributed by atoms with van der Waals surface area (Å²) in [6.07, 6.45) is 6.13. The van der Waals surface area contributed by atoms with Gasteiger partial charge in [0, 0.05) is 46.5 Å². The van der Waals surface area contributed by atoms with E-state index >= 15 is 0 Å². The van der Waals surface area contributed by atoms with E-state index in [1.165, 1.54) is 29.5 Å². The highest BCUT2D eigenvalue weighted by atomic mass is 16.2. The number of amides is 2. The van der Waals surface area contributed by atoms with Crippen LogP contribution in [0.4, 0.5) is 11.4 Å². The summed E-state index contributed by atoms with van der Waals surface area (Å²) in [5.41, 5.74) is 6.10. The number of benzene rings is 2. The molecule has 142 valence electrons.